The topological polar surface area (TPSA) is 63.5 Å². The Balaban J connectivity index is 1.68. The number of hydrogen-bond acceptors (Lipinski definition) is 6. The van der Waals surface area contributed by atoms with Gasteiger partial charge in [-0.05, 0) is 51.3 Å². The highest BCUT2D eigenvalue weighted by molar-refractivity contribution is 5.87. The van der Waals surface area contributed by atoms with Crippen LogP contribution in [0.1, 0.15) is 49.8 Å². The van der Waals surface area contributed by atoms with Crippen molar-refractivity contribution in [1.82, 2.24) is 4.90 Å². The number of ether oxygens (including phenoxy) is 3. The zero-order valence-corrected chi connectivity index (χ0v) is 16.3. The van der Waals surface area contributed by atoms with Crippen LogP contribution in [0.25, 0.3) is 0 Å². The lowest BCUT2D eigenvalue weighted by atomic mass is 9.81. The third-order valence-electron chi connectivity index (χ3n) is 6.19. The van der Waals surface area contributed by atoms with Gasteiger partial charge in [0.2, 0.25) is 12.5 Å². The lowest BCUT2D eigenvalue weighted by Gasteiger charge is -2.37. The van der Waals surface area contributed by atoms with E-state index in [1.54, 1.807) is 7.11 Å². The average molecular weight is 372 g/mol. The summed E-state index contributed by atoms with van der Waals surface area (Å²) in [7, 11) is 3.80. The third kappa shape index (κ3) is 3.27. The summed E-state index contributed by atoms with van der Waals surface area (Å²) in [4.78, 5) is 2.32. The molecule has 0 bridgehead atoms. The van der Waals surface area contributed by atoms with E-state index in [0.717, 1.165) is 55.0 Å². The molecular formula is C21H28N2O4. The average Bonchev–Trinajstić information content (AvgIpc) is 3.15. The first kappa shape index (κ1) is 18.2. The molecule has 0 amide bonds. The van der Waals surface area contributed by atoms with Gasteiger partial charge in [0.05, 0.1) is 12.8 Å². The molecule has 6 heteroatoms. The summed E-state index contributed by atoms with van der Waals surface area (Å²) >= 11 is 0. The summed E-state index contributed by atoms with van der Waals surface area (Å²) in [5.74, 6) is 2.51. The maximum absolute atomic E-state index is 9.76. The first-order valence-electron chi connectivity index (χ1n) is 9.68. The molecule has 2 heterocycles. The predicted octanol–water partition coefficient (Wildman–Crippen LogP) is 3.92. The van der Waals surface area contributed by atoms with Crippen LogP contribution in [-0.2, 0) is 6.42 Å². The van der Waals surface area contributed by atoms with Crippen molar-refractivity contribution >= 4 is 5.71 Å². The van der Waals surface area contributed by atoms with E-state index in [-0.39, 0.29) is 12.8 Å². The second-order valence-electron chi connectivity index (χ2n) is 7.78. The van der Waals surface area contributed by atoms with E-state index in [2.05, 4.69) is 36.2 Å². The molecule has 0 unspecified atom stereocenters. The predicted molar refractivity (Wildman–Crippen MR) is 103 cm³/mol. The fraction of sp³-hybridized carbons (Fsp3) is 0.571. The Morgan fingerprint density at radius 1 is 1.37 bits per heavy atom. The third-order valence-corrected chi connectivity index (χ3v) is 6.19. The van der Waals surface area contributed by atoms with Gasteiger partial charge in [0.1, 0.15) is 0 Å². The van der Waals surface area contributed by atoms with Crippen molar-refractivity contribution in [3.8, 4) is 17.2 Å². The monoisotopic (exact) mass is 372 g/mol. The van der Waals surface area contributed by atoms with Crippen LogP contribution in [0.3, 0.4) is 0 Å². The lowest BCUT2D eigenvalue weighted by Crippen LogP contribution is -2.35. The number of nitrogens with zero attached hydrogens (tertiary/aromatic N) is 2. The highest BCUT2D eigenvalue weighted by atomic mass is 16.7. The van der Waals surface area contributed by atoms with E-state index < -0.39 is 0 Å². The van der Waals surface area contributed by atoms with E-state index in [1.807, 2.05) is 0 Å². The molecule has 1 aromatic carbocycles. The number of benzene rings is 1. The quantitative estimate of drug-likeness (QED) is 0.376. The molecule has 0 saturated heterocycles. The summed E-state index contributed by atoms with van der Waals surface area (Å²) in [6, 6.07) is 2.18. The molecule has 146 valence electrons. The van der Waals surface area contributed by atoms with Gasteiger partial charge in [-0.2, -0.15) is 0 Å². The normalized spacial score (nSPS) is 25.1. The molecule has 0 spiro atoms. The Morgan fingerprint density at radius 2 is 2.22 bits per heavy atom. The number of methoxy groups -OCH3 is 1. The van der Waals surface area contributed by atoms with Gasteiger partial charge >= 0.3 is 0 Å². The van der Waals surface area contributed by atoms with Crippen molar-refractivity contribution in [1.29, 1.82) is 0 Å². The van der Waals surface area contributed by atoms with E-state index in [1.165, 1.54) is 11.1 Å². The smallest absolute Gasteiger partial charge is 0.231 e. The molecule has 0 aromatic heterocycles. The second-order valence-corrected chi connectivity index (χ2v) is 7.78. The van der Waals surface area contributed by atoms with E-state index in [9.17, 15) is 5.21 Å². The molecule has 1 aliphatic carbocycles. The SMILES string of the molecule is COc1c2c(cc3c1[C@@H](CC(=NO)[C@@H]1CC=C(C)CC1)N(C)CC3)OCO2. The molecule has 2 aliphatic heterocycles. The minimum atomic E-state index is 0.0936. The van der Waals surface area contributed by atoms with Crippen LogP contribution in [0.5, 0.6) is 17.2 Å². The first-order valence-corrected chi connectivity index (χ1v) is 9.68. The van der Waals surface area contributed by atoms with Gasteiger partial charge in [0.15, 0.2) is 11.5 Å². The minimum absolute atomic E-state index is 0.0936. The molecule has 2 atom stereocenters. The summed E-state index contributed by atoms with van der Waals surface area (Å²) in [6.07, 6.45) is 6.97. The van der Waals surface area contributed by atoms with Crippen LogP contribution in [0.4, 0.5) is 0 Å². The zero-order chi connectivity index (χ0) is 19.0. The van der Waals surface area contributed by atoms with Gasteiger partial charge in [-0.1, -0.05) is 16.8 Å². The molecule has 4 rings (SSSR count). The number of fused-ring (bicyclic) bond motifs is 2. The van der Waals surface area contributed by atoms with Gasteiger partial charge < -0.3 is 19.4 Å². The molecule has 1 aromatic rings. The van der Waals surface area contributed by atoms with Crippen LogP contribution in [0.2, 0.25) is 0 Å². The van der Waals surface area contributed by atoms with Gasteiger partial charge in [0, 0.05) is 30.5 Å². The van der Waals surface area contributed by atoms with Crippen molar-refractivity contribution in [2.75, 3.05) is 27.5 Å². The number of allylic oxidation sites excluding steroid dienone is 2. The fourth-order valence-electron chi connectivity index (χ4n) is 4.54. The molecular weight excluding hydrogens is 344 g/mol. The summed E-state index contributed by atoms with van der Waals surface area (Å²) in [6.45, 7) is 3.35. The van der Waals surface area contributed by atoms with Gasteiger partial charge in [-0.15, -0.1) is 0 Å². The molecule has 3 aliphatic rings. The second kappa shape index (κ2) is 7.43. The zero-order valence-electron chi connectivity index (χ0n) is 16.3. The van der Waals surface area contributed by atoms with Crippen LogP contribution < -0.4 is 14.2 Å². The Bertz CT molecular complexity index is 787. The van der Waals surface area contributed by atoms with Crippen molar-refractivity contribution in [2.45, 2.75) is 45.1 Å². The first-order chi connectivity index (χ1) is 13.1. The Morgan fingerprint density at radius 3 is 2.93 bits per heavy atom. The molecule has 0 radical (unpaired) electrons. The van der Waals surface area contributed by atoms with Crippen LogP contribution in [0, 0.1) is 5.92 Å². The highest BCUT2D eigenvalue weighted by Gasteiger charge is 2.35. The number of oxime groups is 1. The molecule has 27 heavy (non-hydrogen) atoms. The van der Waals surface area contributed by atoms with Crippen molar-refractivity contribution in [2.24, 2.45) is 11.1 Å². The van der Waals surface area contributed by atoms with Crippen LogP contribution in [-0.4, -0.2) is 43.3 Å². The van der Waals surface area contributed by atoms with E-state index in [0.29, 0.717) is 18.1 Å². The Kier molecular flexibility index (Phi) is 5.00. The molecule has 6 nitrogen and oxygen atoms in total. The van der Waals surface area contributed by atoms with Crippen molar-refractivity contribution in [3.05, 3.63) is 28.8 Å². The summed E-state index contributed by atoms with van der Waals surface area (Å²) < 4.78 is 17.0. The standard InChI is InChI=1S/C21H28N2O4/c1-13-4-6-14(7-5-13)16(22-24)11-17-19-15(8-9-23(17)2)10-18-20(21(19)25-3)27-12-26-18/h4,10,14,17,24H,5-9,11-12H2,1-3H3/t14-,17-/m1/s1. The fourth-order valence-corrected chi connectivity index (χ4v) is 4.54. The molecule has 1 N–H and O–H groups in total. The largest absolute Gasteiger partial charge is 0.492 e. The summed E-state index contributed by atoms with van der Waals surface area (Å²) in [5, 5.41) is 13.5. The van der Waals surface area contributed by atoms with E-state index in [4.69, 9.17) is 14.2 Å². The van der Waals surface area contributed by atoms with Gasteiger partial charge in [-0.3, -0.25) is 4.90 Å². The number of hydrogen-bond donors (Lipinski definition) is 1. The van der Waals surface area contributed by atoms with Crippen LogP contribution >= 0.6 is 0 Å². The number of likely N-dealkylation sites (N-methyl/N-ethyl adjacent to an activating group) is 1. The lowest BCUT2D eigenvalue weighted by molar-refractivity contribution is 0.170. The highest BCUT2D eigenvalue weighted by Crippen LogP contribution is 2.50. The van der Waals surface area contributed by atoms with E-state index >= 15 is 0 Å². The summed E-state index contributed by atoms with van der Waals surface area (Å²) in [5.41, 5.74) is 4.68. The van der Waals surface area contributed by atoms with Crippen LogP contribution in [0.15, 0.2) is 22.9 Å². The van der Waals surface area contributed by atoms with Crippen molar-refractivity contribution in [3.63, 3.8) is 0 Å². The maximum atomic E-state index is 9.76. The molecule has 0 saturated carbocycles. The minimum Gasteiger partial charge on any atom is -0.492 e. The maximum Gasteiger partial charge on any atom is 0.231 e. The van der Waals surface area contributed by atoms with Gasteiger partial charge in [0.25, 0.3) is 0 Å². The Labute approximate surface area is 160 Å². The van der Waals surface area contributed by atoms with Crippen molar-refractivity contribution < 1.29 is 19.4 Å². The molecule has 0 fully saturated rings. The van der Waals surface area contributed by atoms with Gasteiger partial charge in [-0.25, -0.2) is 0 Å². The Hall–Kier alpha value is -2.21. The number of rotatable bonds is 4.